The van der Waals surface area contributed by atoms with Gasteiger partial charge in [-0.2, -0.15) is 0 Å². The molecule has 1 aliphatic heterocycles. The molecular formula is C30H30FN3O4. The quantitative estimate of drug-likeness (QED) is 0.423. The number of amides is 2. The van der Waals surface area contributed by atoms with Crippen molar-refractivity contribution < 1.29 is 23.5 Å². The summed E-state index contributed by atoms with van der Waals surface area (Å²) < 4.78 is 19.2. The number of benzene rings is 2. The van der Waals surface area contributed by atoms with Crippen molar-refractivity contribution in [3.8, 4) is 0 Å². The SMILES string of the molecule is CCOC(=O)C1=C(C)N(Cc2ccc(C(=O)NCCc3ccccn3)cc2)C(=O)CC1c1cccc(F)c1. The molecule has 2 amide bonds. The summed E-state index contributed by atoms with van der Waals surface area (Å²) in [5.41, 5.74) is 3.59. The topological polar surface area (TPSA) is 88.6 Å². The number of carbonyl (C=O) groups is 3. The van der Waals surface area contributed by atoms with E-state index in [1.807, 2.05) is 18.2 Å². The number of esters is 1. The number of rotatable bonds is 9. The minimum Gasteiger partial charge on any atom is -0.463 e. The van der Waals surface area contributed by atoms with Crippen molar-refractivity contribution in [2.24, 2.45) is 0 Å². The Morgan fingerprint density at radius 3 is 2.58 bits per heavy atom. The summed E-state index contributed by atoms with van der Waals surface area (Å²) in [5.74, 6) is -1.92. The zero-order valence-corrected chi connectivity index (χ0v) is 21.4. The average molecular weight is 516 g/mol. The second-order valence-corrected chi connectivity index (χ2v) is 9.04. The molecule has 4 rings (SSSR count). The third kappa shape index (κ3) is 6.32. The highest BCUT2D eigenvalue weighted by Crippen LogP contribution is 2.38. The molecule has 1 aliphatic rings. The van der Waals surface area contributed by atoms with Crippen molar-refractivity contribution in [3.63, 3.8) is 0 Å². The Bertz CT molecular complexity index is 1340. The van der Waals surface area contributed by atoms with E-state index in [0.29, 0.717) is 35.4 Å². The van der Waals surface area contributed by atoms with Crippen LogP contribution in [-0.4, -0.2) is 40.8 Å². The number of nitrogens with zero attached hydrogens (tertiary/aromatic N) is 2. The molecule has 0 fully saturated rings. The van der Waals surface area contributed by atoms with Crippen molar-refractivity contribution >= 4 is 17.8 Å². The molecule has 0 aliphatic carbocycles. The lowest BCUT2D eigenvalue weighted by atomic mass is 9.83. The molecule has 0 spiro atoms. The minimum atomic E-state index is -0.592. The zero-order chi connectivity index (χ0) is 27.1. The number of pyridine rings is 1. The van der Waals surface area contributed by atoms with Gasteiger partial charge in [-0.15, -0.1) is 0 Å². The van der Waals surface area contributed by atoms with Crippen molar-refractivity contribution in [1.29, 1.82) is 0 Å². The second-order valence-electron chi connectivity index (χ2n) is 9.04. The van der Waals surface area contributed by atoms with E-state index >= 15 is 0 Å². The van der Waals surface area contributed by atoms with Gasteiger partial charge in [0.15, 0.2) is 0 Å². The maximum absolute atomic E-state index is 13.9. The van der Waals surface area contributed by atoms with Crippen LogP contribution in [0.3, 0.4) is 0 Å². The summed E-state index contributed by atoms with van der Waals surface area (Å²) in [6.45, 7) is 4.30. The summed E-state index contributed by atoms with van der Waals surface area (Å²) in [4.78, 5) is 44.4. The molecular weight excluding hydrogens is 485 g/mol. The highest BCUT2D eigenvalue weighted by molar-refractivity contribution is 5.96. The standard InChI is InChI=1S/C30H30FN3O4/c1-3-38-30(37)28-20(2)34(27(35)18-26(28)23-7-6-8-24(31)17-23)19-21-10-12-22(13-11-21)29(36)33-16-14-25-9-4-5-15-32-25/h4-13,15,17,26H,3,14,16,18-19H2,1-2H3,(H,33,36). The molecule has 1 atom stereocenters. The van der Waals surface area contributed by atoms with Gasteiger partial charge in [-0.3, -0.25) is 14.6 Å². The monoisotopic (exact) mass is 515 g/mol. The fourth-order valence-corrected chi connectivity index (χ4v) is 4.58. The number of hydrogen-bond donors (Lipinski definition) is 1. The van der Waals surface area contributed by atoms with Crippen LogP contribution >= 0.6 is 0 Å². The lowest BCUT2D eigenvalue weighted by Gasteiger charge is -2.34. The Morgan fingerprint density at radius 1 is 1.11 bits per heavy atom. The van der Waals surface area contributed by atoms with E-state index in [-0.39, 0.29) is 31.4 Å². The Kier molecular flexibility index (Phi) is 8.63. The largest absolute Gasteiger partial charge is 0.463 e. The first kappa shape index (κ1) is 26.7. The van der Waals surface area contributed by atoms with E-state index in [0.717, 1.165) is 11.3 Å². The number of halogens is 1. The average Bonchev–Trinajstić information content (AvgIpc) is 2.91. The summed E-state index contributed by atoms with van der Waals surface area (Å²) in [7, 11) is 0. The Balaban J connectivity index is 1.48. The second kappa shape index (κ2) is 12.3. The molecule has 196 valence electrons. The molecule has 8 heteroatoms. The van der Waals surface area contributed by atoms with Crippen molar-refractivity contribution in [1.82, 2.24) is 15.2 Å². The molecule has 0 saturated carbocycles. The van der Waals surface area contributed by atoms with Gasteiger partial charge in [0.25, 0.3) is 5.91 Å². The van der Waals surface area contributed by atoms with Crippen LogP contribution in [0.25, 0.3) is 0 Å². The first-order valence-electron chi connectivity index (χ1n) is 12.6. The van der Waals surface area contributed by atoms with Crippen LogP contribution in [-0.2, 0) is 27.3 Å². The molecule has 0 radical (unpaired) electrons. The van der Waals surface area contributed by atoms with Crippen LogP contribution < -0.4 is 5.32 Å². The van der Waals surface area contributed by atoms with E-state index in [1.165, 1.54) is 12.1 Å². The summed E-state index contributed by atoms with van der Waals surface area (Å²) in [6.07, 6.45) is 2.37. The number of ether oxygens (including phenoxy) is 1. The van der Waals surface area contributed by atoms with Gasteiger partial charge in [-0.25, -0.2) is 9.18 Å². The van der Waals surface area contributed by atoms with Crippen LogP contribution in [0.5, 0.6) is 0 Å². The smallest absolute Gasteiger partial charge is 0.336 e. The van der Waals surface area contributed by atoms with Gasteiger partial charge in [0, 0.05) is 48.5 Å². The number of allylic oxidation sites excluding steroid dienone is 1. The first-order valence-corrected chi connectivity index (χ1v) is 12.6. The van der Waals surface area contributed by atoms with Gasteiger partial charge >= 0.3 is 5.97 Å². The lowest BCUT2D eigenvalue weighted by Crippen LogP contribution is -2.38. The third-order valence-electron chi connectivity index (χ3n) is 6.52. The predicted molar refractivity (Wildman–Crippen MR) is 140 cm³/mol. The molecule has 2 aromatic carbocycles. The molecule has 1 unspecified atom stereocenters. The van der Waals surface area contributed by atoms with E-state index in [1.54, 1.807) is 61.3 Å². The van der Waals surface area contributed by atoms with E-state index < -0.39 is 17.7 Å². The fourth-order valence-electron chi connectivity index (χ4n) is 4.58. The zero-order valence-electron chi connectivity index (χ0n) is 21.4. The molecule has 2 heterocycles. The van der Waals surface area contributed by atoms with Gasteiger partial charge in [-0.05, 0) is 61.4 Å². The fraction of sp³-hybridized carbons (Fsp3) is 0.267. The number of hydrogen-bond acceptors (Lipinski definition) is 5. The van der Waals surface area contributed by atoms with Gasteiger partial charge in [0.2, 0.25) is 5.91 Å². The predicted octanol–water partition coefficient (Wildman–Crippen LogP) is 4.55. The first-order chi connectivity index (χ1) is 18.4. The molecule has 1 N–H and O–H groups in total. The van der Waals surface area contributed by atoms with E-state index in [4.69, 9.17) is 4.74 Å². The Morgan fingerprint density at radius 2 is 1.89 bits per heavy atom. The van der Waals surface area contributed by atoms with Gasteiger partial charge in [0.05, 0.1) is 18.7 Å². The van der Waals surface area contributed by atoms with Crippen molar-refractivity contribution in [2.75, 3.05) is 13.2 Å². The molecule has 3 aromatic rings. The Hall–Kier alpha value is -4.33. The normalized spacial score (nSPS) is 15.4. The molecule has 0 saturated heterocycles. The highest BCUT2D eigenvalue weighted by Gasteiger charge is 2.37. The Labute approximate surface area is 221 Å². The number of nitrogens with one attached hydrogen (secondary N) is 1. The maximum Gasteiger partial charge on any atom is 0.336 e. The van der Waals surface area contributed by atoms with E-state index in [2.05, 4.69) is 10.3 Å². The van der Waals surface area contributed by atoms with Crippen LogP contribution in [0.1, 0.15) is 53.4 Å². The van der Waals surface area contributed by atoms with Gasteiger partial charge in [-0.1, -0.05) is 30.3 Å². The molecule has 7 nitrogen and oxygen atoms in total. The highest BCUT2D eigenvalue weighted by atomic mass is 19.1. The third-order valence-corrected chi connectivity index (χ3v) is 6.52. The maximum atomic E-state index is 13.9. The lowest BCUT2D eigenvalue weighted by molar-refractivity contribution is -0.140. The van der Waals surface area contributed by atoms with Gasteiger partial charge in [0.1, 0.15) is 5.82 Å². The van der Waals surface area contributed by atoms with Gasteiger partial charge < -0.3 is 15.0 Å². The van der Waals surface area contributed by atoms with Crippen LogP contribution in [0.2, 0.25) is 0 Å². The van der Waals surface area contributed by atoms with Crippen molar-refractivity contribution in [2.45, 2.75) is 39.2 Å². The van der Waals surface area contributed by atoms with Crippen LogP contribution in [0, 0.1) is 5.82 Å². The molecule has 0 bridgehead atoms. The minimum absolute atomic E-state index is 0.0195. The van der Waals surface area contributed by atoms with Crippen LogP contribution in [0.4, 0.5) is 4.39 Å². The molecule has 1 aromatic heterocycles. The number of aromatic nitrogens is 1. The summed E-state index contributed by atoms with van der Waals surface area (Å²) in [5, 5.41) is 2.89. The summed E-state index contributed by atoms with van der Waals surface area (Å²) in [6, 6.07) is 18.6. The molecule has 38 heavy (non-hydrogen) atoms. The van der Waals surface area contributed by atoms with Crippen LogP contribution in [0.15, 0.2) is 84.2 Å². The van der Waals surface area contributed by atoms with E-state index in [9.17, 15) is 18.8 Å². The van der Waals surface area contributed by atoms with Crippen molar-refractivity contribution in [3.05, 3.63) is 112 Å². The number of carbonyl (C=O) groups excluding carboxylic acids is 3. The summed E-state index contributed by atoms with van der Waals surface area (Å²) >= 11 is 0.